The molecule has 1 aromatic heterocycles. The van der Waals surface area contributed by atoms with Gasteiger partial charge < -0.3 is 9.26 Å². The Morgan fingerprint density at radius 3 is 2.83 bits per heavy atom. The zero-order valence-electron chi connectivity index (χ0n) is 14.5. The van der Waals surface area contributed by atoms with Crippen molar-refractivity contribution in [3.63, 3.8) is 0 Å². The summed E-state index contributed by atoms with van der Waals surface area (Å²) in [4.78, 5) is 12.4. The van der Waals surface area contributed by atoms with Gasteiger partial charge in [-0.15, -0.1) is 0 Å². The van der Waals surface area contributed by atoms with Crippen LogP contribution in [0.2, 0.25) is 0 Å². The van der Waals surface area contributed by atoms with E-state index in [4.69, 9.17) is 9.26 Å². The van der Waals surface area contributed by atoms with Crippen molar-refractivity contribution < 1.29 is 14.1 Å². The molecular weight excluding hydrogens is 304 g/mol. The first kappa shape index (κ1) is 16.6. The second kappa shape index (κ2) is 7.07. The second-order valence-electron chi connectivity index (χ2n) is 6.97. The van der Waals surface area contributed by atoms with Crippen molar-refractivity contribution in [3.05, 3.63) is 41.1 Å². The van der Waals surface area contributed by atoms with Gasteiger partial charge in [-0.1, -0.05) is 25.9 Å². The third-order valence-corrected chi connectivity index (χ3v) is 4.22. The number of fused-ring (bicyclic) bond motifs is 1. The Morgan fingerprint density at radius 1 is 1.38 bits per heavy atom. The molecule has 0 unspecified atom stereocenters. The number of aromatic nitrogens is 1. The number of hydrogen-bond donors (Lipinski definition) is 1. The van der Waals surface area contributed by atoms with Crippen LogP contribution in [0.5, 0.6) is 5.75 Å². The highest BCUT2D eigenvalue weighted by atomic mass is 16.5. The van der Waals surface area contributed by atoms with Gasteiger partial charge in [-0.3, -0.25) is 10.1 Å². The topological polar surface area (TPSA) is 64.4 Å². The molecule has 1 aliphatic rings. The maximum Gasteiger partial charge on any atom is 0.258 e. The quantitative estimate of drug-likeness (QED) is 0.898. The summed E-state index contributed by atoms with van der Waals surface area (Å²) >= 11 is 0. The molecule has 5 heteroatoms. The standard InChI is InChI=1S/C19H24N2O3/c1-12(2)11-23-15-7-5-14(6-8-15)18(22)20-19-16-10-13(3)4-9-17(16)21-24-19/h5-8,12-13H,4,9-11H2,1-3H3,(H,20,22)/t13-/m0/s1. The van der Waals surface area contributed by atoms with Crippen LogP contribution in [0.25, 0.3) is 0 Å². The highest BCUT2D eigenvalue weighted by Gasteiger charge is 2.24. The summed E-state index contributed by atoms with van der Waals surface area (Å²) in [7, 11) is 0. The Morgan fingerprint density at radius 2 is 2.12 bits per heavy atom. The minimum Gasteiger partial charge on any atom is -0.493 e. The molecule has 2 aromatic rings. The molecule has 3 rings (SSSR count). The Labute approximate surface area is 142 Å². The molecule has 128 valence electrons. The van der Waals surface area contributed by atoms with E-state index >= 15 is 0 Å². The number of amides is 1. The van der Waals surface area contributed by atoms with Crippen molar-refractivity contribution in [2.75, 3.05) is 11.9 Å². The van der Waals surface area contributed by atoms with Crippen LogP contribution < -0.4 is 10.1 Å². The molecule has 0 saturated carbocycles. The molecule has 0 saturated heterocycles. The number of benzene rings is 1. The lowest BCUT2D eigenvalue weighted by molar-refractivity contribution is 0.102. The van der Waals surface area contributed by atoms with E-state index in [2.05, 4.69) is 31.2 Å². The smallest absolute Gasteiger partial charge is 0.258 e. The molecule has 0 fully saturated rings. The molecule has 1 amide bonds. The summed E-state index contributed by atoms with van der Waals surface area (Å²) in [5.41, 5.74) is 2.58. The van der Waals surface area contributed by atoms with Crippen LogP contribution in [0, 0.1) is 11.8 Å². The SMILES string of the molecule is CC(C)COc1ccc(C(=O)Nc2onc3c2C[C@@H](C)CC3)cc1. The summed E-state index contributed by atoms with van der Waals surface area (Å²) in [6, 6.07) is 7.15. The van der Waals surface area contributed by atoms with Crippen molar-refractivity contribution in [2.45, 2.75) is 40.0 Å². The summed E-state index contributed by atoms with van der Waals surface area (Å²) in [6.07, 6.45) is 2.93. The van der Waals surface area contributed by atoms with Crippen LogP contribution >= 0.6 is 0 Å². The van der Waals surface area contributed by atoms with Crippen LogP contribution in [-0.4, -0.2) is 17.7 Å². The first-order valence-electron chi connectivity index (χ1n) is 8.54. The van der Waals surface area contributed by atoms with Crippen LogP contribution in [0.15, 0.2) is 28.8 Å². The van der Waals surface area contributed by atoms with Crippen molar-refractivity contribution in [1.82, 2.24) is 5.16 Å². The molecular formula is C19H24N2O3. The molecule has 1 aromatic carbocycles. The number of rotatable bonds is 5. The highest BCUT2D eigenvalue weighted by Crippen LogP contribution is 2.30. The average molecular weight is 328 g/mol. The minimum atomic E-state index is -0.192. The Bertz CT molecular complexity index is 704. The van der Waals surface area contributed by atoms with Gasteiger partial charge >= 0.3 is 0 Å². The predicted octanol–water partition coefficient (Wildman–Crippen LogP) is 4.09. The van der Waals surface area contributed by atoms with E-state index < -0.39 is 0 Å². The van der Waals surface area contributed by atoms with Gasteiger partial charge in [0.2, 0.25) is 5.88 Å². The number of nitrogens with one attached hydrogen (secondary N) is 1. The van der Waals surface area contributed by atoms with E-state index in [0.29, 0.717) is 29.9 Å². The zero-order valence-corrected chi connectivity index (χ0v) is 14.5. The number of ether oxygens (including phenoxy) is 1. The maximum absolute atomic E-state index is 12.4. The van der Waals surface area contributed by atoms with Gasteiger partial charge in [0.15, 0.2) is 0 Å². The Balaban J connectivity index is 1.66. The maximum atomic E-state index is 12.4. The van der Waals surface area contributed by atoms with E-state index in [9.17, 15) is 4.79 Å². The van der Waals surface area contributed by atoms with Gasteiger partial charge in [-0.05, 0) is 55.4 Å². The normalized spacial score (nSPS) is 16.8. The van der Waals surface area contributed by atoms with Gasteiger partial charge in [0, 0.05) is 11.1 Å². The number of carbonyl (C=O) groups excluding carboxylic acids is 1. The summed E-state index contributed by atoms with van der Waals surface area (Å²) in [6.45, 7) is 7.06. The minimum absolute atomic E-state index is 0.192. The van der Waals surface area contributed by atoms with E-state index in [-0.39, 0.29) is 5.91 Å². The van der Waals surface area contributed by atoms with E-state index in [1.807, 2.05) is 12.1 Å². The summed E-state index contributed by atoms with van der Waals surface area (Å²) in [5.74, 6) is 2.12. The monoisotopic (exact) mass is 328 g/mol. The molecule has 1 aliphatic carbocycles. The molecule has 0 spiro atoms. The fourth-order valence-electron chi connectivity index (χ4n) is 2.82. The molecule has 0 aliphatic heterocycles. The number of aryl methyl sites for hydroxylation is 1. The van der Waals surface area contributed by atoms with Gasteiger partial charge in [0.25, 0.3) is 5.91 Å². The molecule has 1 N–H and O–H groups in total. The van der Waals surface area contributed by atoms with Crippen LogP contribution in [0.1, 0.15) is 48.8 Å². The van der Waals surface area contributed by atoms with Gasteiger partial charge in [0.05, 0.1) is 12.3 Å². The number of carbonyl (C=O) groups is 1. The largest absolute Gasteiger partial charge is 0.493 e. The first-order valence-corrected chi connectivity index (χ1v) is 8.54. The van der Waals surface area contributed by atoms with Crippen LogP contribution in [0.4, 0.5) is 5.88 Å². The van der Waals surface area contributed by atoms with Crippen molar-refractivity contribution >= 4 is 11.8 Å². The second-order valence-corrected chi connectivity index (χ2v) is 6.97. The summed E-state index contributed by atoms with van der Waals surface area (Å²) < 4.78 is 11.0. The lowest BCUT2D eigenvalue weighted by Gasteiger charge is -2.16. The lowest BCUT2D eigenvalue weighted by Crippen LogP contribution is -2.15. The highest BCUT2D eigenvalue weighted by molar-refractivity contribution is 6.04. The molecule has 5 nitrogen and oxygen atoms in total. The fraction of sp³-hybridized carbons (Fsp3) is 0.474. The number of hydrogen-bond acceptors (Lipinski definition) is 4. The average Bonchev–Trinajstić information content (AvgIpc) is 2.95. The van der Waals surface area contributed by atoms with Crippen LogP contribution in [-0.2, 0) is 12.8 Å². The third kappa shape index (κ3) is 3.78. The van der Waals surface area contributed by atoms with Gasteiger partial charge in [0.1, 0.15) is 5.75 Å². The first-order chi connectivity index (χ1) is 11.5. The Hall–Kier alpha value is -2.30. The third-order valence-electron chi connectivity index (χ3n) is 4.22. The van der Waals surface area contributed by atoms with E-state index in [1.165, 1.54) is 0 Å². The molecule has 24 heavy (non-hydrogen) atoms. The molecule has 1 atom stereocenters. The van der Waals surface area contributed by atoms with E-state index in [0.717, 1.165) is 36.3 Å². The van der Waals surface area contributed by atoms with Crippen molar-refractivity contribution in [1.29, 1.82) is 0 Å². The number of nitrogens with zero attached hydrogens (tertiary/aromatic N) is 1. The van der Waals surface area contributed by atoms with Gasteiger partial charge in [-0.2, -0.15) is 0 Å². The summed E-state index contributed by atoms with van der Waals surface area (Å²) in [5, 5.41) is 6.93. The molecule has 0 bridgehead atoms. The lowest BCUT2D eigenvalue weighted by atomic mass is 9.89. The van der Waals surface area contributed by atoms with Gasteiger partial charge in [-0.25, -0.2) is 0 Å². The molecule has 1 heterocycles. The van der Waals surface area contributed by atoms with Crippen molar-refractivity contribution in [2.24, 2.45) is 11.8 Å². The zero-order chi connectivity index (χ0) is 17.1. The molecule has 0 radical (unpaired) electrons. The predicted molar refractivity (Wildman–Crippen MR) is 92.4 cm³/mol. The van der Waals surface area contributed by atoms with E-state index in [1.54, 1.807) is 12.1 Å². The Kier molecular flexibility index (Phi) is 4.88. The number of anilines is 1. The fourth-order valence-corrected chi connectivity index (χ4v) is 2.82. The van der Waals surface area contributed by atoms with Crippen LogP contribution in [0.3, 0.4) is 0 Å². The van der Waals surface area contributed by atoms with Crippen molar-refractivity contribution in [3.8, 4) is 5.75 Å².